The van der Waals surface area contributed by atoms with Crippen molar-refractivity contribution in [1.29, 1.82) is 0 Å². The van der Waals surface area contributed by atoms with E-state index in [1.165, 1.54) is 28.2 Å². The number of piperazine rings is 1. The summed E-state index contributed by atoms with van der Waals surface area (Å²) in [5.41, 5.74) is 0.475. The minimum absolute atomic E-state index is 0.0751. The number of fused-ring (bicyclic) bond motifs is 1. The van der Waals surface area contributed by atoms with Crippen LogP contribution >= 0.6 is 11.3 Å². The lowest BCUT2D eigenvalue weighted by Gasteiger charge is -2.35. The van der Waals surface area contributed by atoms with Gasteiger partial charge in [-0.15, -0.1) is 5.10 Å². The van der Waals surface area contributed by atoms with Gasteiger partial charge in [-0.3, -0.25) is 4.90 Å². The van der Waals surface area contributed by atoms with Crippen molar-refractivity contribution in [2.75, 3.05) is 32.8 Å². The first-order valence-corrected chi connectivity index (χ1v) is 11.5. The number of rotatable bonds is 5. The van der Waals surface area contributed by atoms with Crippen LogP contribution in [0.5, 0.6) is 5.88 Å². The molecule has 4 aromatic rings. The topological polar surface area (TPSA) is 97.5 Å². The summed E-state index contributed by atoms with van der Waals surface area (Å²) in [4.78, 5) is 20.3. The number of hydrogen-bond acceptors (Lipinski definition) is 7. The van der Waals surface area contributed by atoms with Gasteiger partial charge in [-0.05, 0) is 31.2 Å². The number of amides is 1. The molecule has 5 rings (SSSR count). The lowest BCUT2D eigenvalue weighted by molar-refractivity contribution is -0.929. The number of ether oxygens (including phenoxy) is 1. The number of thiazole rings is 1. The van der Waals surface area contributed by atoms with Crippen LogP contribution in [0.3, 0.4) is 0 Å². The van der Waals surface area contributed by atoms with E-state index in [1.807, 2.05) is 0 Å². The molecule has 0 spiro atoms. The quantitative estimate of drug-likeness (QED) is 0.463. The highest BCUT2D eigenvalue weighted by Gasteiger charge is 2.37. The Morgan fingerprint density at radius 1 is 1.30 bits per heavy atom. The van der Waals surface area contributed by atoms with E-state index in [1.54, 1.807) is 42.2 Å². The predicted octanol–water partition coefficient (Wildman–Crippen LogP) is 2.34. The Morgan fingerprint density at radius 2 is 2.09 bits per heavy atom. The van der Waals surface area contributed by atoms with Crippen LogP contribution in [-0.4, -0.2) is 63.5 Å². The summed E-state index contributed by atoms with van der Waals surface area (Å²) in [6.45, 7) is 4.19. The lowest BCUT2D eigenvalue weighted by atomic mass is 10.0. The summed E-state index contributed by atoms with van der Waals surface area (Å²) in [7, 11) is 0. The van der Waals surface area contributed by atoms with Crippen LogP contribution in [0, 0.1) is 5.82 Å². The van der Waals surface area contributed by atoms with Gasteiger partial charge in [-0.2, -0.15) is 9.50 Å². The monoisotopic (exact) mass is 472 g/mol. The van der Waals surface area contributed by atoms with E-state index >= 15 is 0 Å². The number of benzene rings is 1. The zero-order valence-electron chi connectivity index (χ0n) is 17.9. The molecule has 1 atom stereocenters. The second-order valence-corrected chi connectivity index (χ2v) is 8.70. The highest BCUT2D eigenvalue weighted by molar-refractivity contribution is 7.17. The van der Waals surface area contributed by atoms with E-state index < -0.39 is 6.04 Å². The third-order valence-electron chi connectivity index (χ3n) is 5.76. The lowest BCUT2D eigenvalue weighted by Crippen LogP contribution is -3.15. The summed E-state index contributed by atoms with van der Waals surface area (Å²) in [5.74, 6) is 0.440. The number of nitrogens with zero attached hydrogens (tertiary/aromatic N) is 4. The van der Waals surface area contributed by atoms with Gasteiger partial charge in [0, 0.05) is 0 Å². The molecule has 1 aliphatic heterocycles. The standard InChI is InChI=1S/C22H22FN5O4S/c1-2-31-22(30)27-11-9-26(10-12-27)17(14-6-3-4-7-15(14)23)18-20(29)28-21(33-18)24-19(25-28)16-8-5-13-32-16/h3-8,13,17,29H,2,9-12H2,1H3/p+1. The first-order chi connectivity index (χ1) is 16.1. The fourth-order valence-corrected chi connectivity index (χ4v) is 5.32. The largest absolute Gasteiger partial charge is 0.492 e. The Balaban J connectivity index is 1.50. The van der Waals surface area contributed by atoms with Crippen LogP contribution in [0.15, 0.2) is 47.1 Å². The normalized spacial score (nSPS) is 15.8. The van der Waals surface area contributed by atoms with E-state index in [9.17, 15) is 14.3 Å². The van der Waals surface area contributed by atoms with Crippen LogP contribution in [0.2, 0.25) is 0 Å². The van der Waals surface area contributed by atoms with Gasteiger partial charge in [-0.25, -0.2) is 9.18 Å². The molecule has 0 radical (unpaired) electrons. The molecule has 1 aromatic carbocycles. The molecule has 2 N–H and O–H groups in total. The SMILES string of the molecule is CCOC(=O)N1CC[NH+](C(c2ccccc2F)c2sc3nc(-c4ccco4)nn3c2O)CC1. The summed E-state index contributed by atoms with van der Waals surface area (Å²) in [5, 5.41) is 15.5. The minimum Gasteiger partial charge on any atom is -0.492 e. The van der Waals surface area contributed by atoms with Gasteiger partial charge < -0.3 is 19.2 Å². The van der Waals surface area contributed by atoms with Gasteiger partial charge in [0.1, 0.15) is 10.7 Å². The zero-order valence-corrected chi connectivity index (χ0v) is 18.7. The van der Waals surface area contributed by atoms with E-state index in [4.69, 9.17) is 9.15 Å². The molecule has 1 aliphatic rings. The second-order valence-electron chi connectivity index (χ2n) is 7.70. The van der Waals surface area contributed by atoms with E-state index in [-0.39, 0.29) is 17.8 Å². The maximum Gasteiger partial charge on any atom is 0.410 e. The van der Waals surface area contributed by atoms with Crippen molar-refractivity contribution in [1.82, 2.24) is 19.5 Å². The molecule has 172 valence electrons. The molecule has 1 fully saturated rings. The van der Waals surface area contributed by atoms with Gasteiger partial charge in [0.2, 0.25) is 16.7 Å². The number of nitrogens with one attached hydrogen (secondary N) is 1. The average molecular weight is 473 g/mol. The summed E-state index contributed by atoms with van der Waals surface area (Å²) in [6, 6.07) is 9.57. The van der Waals surface area contributed by atoms with Gasteiger partial charge in [0.05, 0.1) is 44.6 Å². The van der Waals surface area contributed by atoms with E-state index in [2.05, 4.69) is 10.1 Å². The van der Waals surface area contributed by atoms with Gasteiger partial charge in [0.15, 0.2) is 11.8 Å². The number of halogens is 1. The molecule has 0 saturated carbocycles. The van der Waals surface area contributed by atoms with Crippen LogP contribution < -0.4 is 4.90 Å². The van der Waals surface area contributed by atoms with Crippen molar-refractivity contribution in [3.05, 3.63) is 58.9 Å². The molecule has 3 aromatic heterocycles. The fraction of sp³-hybridized carbons (Fsp3) is 0.318. The first-order valence-electron chi connectivity index (χ1n) is 10.7. The van der Waals surface area contributed by atoms with Crippen LogP contribution in [-0.2, 0) is 4.74 Å². The molecule has 0 aliphatic carbocycles. The molecular weight excluding hydrogens is 449 g/mol. The second kappa shape index (κ2) is 8.83. The average Bonchev–Trinajstić information content (AvgIpc) is 3.55. The van der Waals surface area contributed by atoms with Gasteiger partial charge in [0.25, 0.3) is 0 Å². The number of furan rings is 1. The van der Waals surface area contributed by atoms with Crippen LogP contribution in [0.1, 0.15) is 23.4 Å². The predicted molar refractivity (Wildman–Crippen MR) is 118 cm³/mol. The van der Waals surface area contributed by atoms with Crippen LogP contribution in [0.4, 0.5) is 9.18 Å². The van der Waals surface area contributed by atoms with Crippen molar-refractivity contribution < 1.29 is 28.3 Å². The fourth-order valence-electron chi connectivity index (χ4n) is 4.18. The number of carbonyl (C=O) groups is 1. The van der Waals surface area contributed by atoms with Gasteiger partial charge >= 0.3 is 6.09 Å². The van der Waals surface area contributed by atoms with Crippen molar-refractivity contribution in [2.45, 2.75) is 13.0 Å². The van der Waals surface area contributed by atoms with Crippen LogP contribution in [0.25, 0.3) is 16.5 Å². The first kappa shape index (κ1) is 21.4. The molecular formula is C22H23FN5O4S+. The summed E-state index contributed by atoms with van der Waals surface area (Å²) < 4.78 is 26.7. The van der Waals surface area contributed by atoms with Crippen molar-refractivity contribution in [3.8, 4) is 17.5 Å². The number of quaternary nitrogens is 1. The maximum atomic E-state index is 14.9. The highest BCUT2D eigenvalue weighted by atomic mass is 32.1. The Morgan fingerprint density at radius 3 is 2.76 bits per heavy atom. The third-order valence-corrected chi connectivity index (χ3v) is 6.84. The van der Waals surface area contributed by atoms with Crippen molar-refractivity contribution in [2.24, 2.45) is 0 Å². The summed E-state index contributed by atoms with van der Waals surface area (Å²) in [6.07, 6.45) is 1.19. The molecule has 11 heteroatoms. The molecule has 33 heavy (non-hydrogen) atoms. The number of carbonyl (C=O) groups excluding carboxylic acids is 1. The smallest absolute Gasteiger partial charge is 0.410 e. The Kier molecular flexibility index (Phi) is 5.73. The molecule has 0 bridgehead atoms. The Hall–Kier alpha value is -3.44. The molecule has 1 saturated heterocycles. The third kappa shape index (κ3) is 3.93. The minimum atomic E-state index is -0.476. The molecule has 1 unspecified atom stereocenters. The van der Waals surface area contributed by atoms with E-state index in [0.717, 1.165) is 4.90 Å². The number of aromatic hydroxyl groups is 1. The van der Waals surface area contributed by atoms with E-state index in [0.29, 0.717) is 59.8 Å². The van der Waals surface area contributed by atoms with Crippen molar-refractivity contribution >= 4 is 22.4 Å². The zero-order chi connectivity index (χ0) is 22.9. The number of hydrogen-bond donors (Lipinski definition) is 2. The summed E-state index contributed by atoms with van der Waals surface area (Å²) >= 11 is 1.27. The molecule has 9 nitrogen and oxygen atoms in total. The Labute approximate surface area is 192 Å². The molecule has 1 amide bonds. The molecule has 4 heterocycles. The highest BCUT2D eigenvalue weighted by Crippen LogP contribution is 2.36. The maximum absolute atomic E-state index is 14.9. The number of aromatic nitrogens is 3. The van der Waals surface area contributed by atoms with Crippen molar-refractivity contribution in [3.63, 3.8) is 0 Å². The Bertz CT molecular complexity index is 1260. The van der Waals surface area contributed by atoms with Gasteiger partial charge in [-0.1, -0.05) is 23.5 Å².